The molecule has 15 heavy (non-hydrogen) atoms. The Hall–Kier alpha value is -1.51. The standard InChI is InChI=1S/C12H17NO2/c1-9-7-11(5-6-12(9)15-4)13(3)8-10(2)14/h5-7H,8H2,1-4H3. The molecule has 0 aliphatic carbocycles. The molecule has 0 aliphatic rings. The molecule has 0 aromatic heterocycles. The van der Waals surface area contributed by atoms with E-state index in [0.717, 1.165) is 17.0 Å². The van der Waals surface area contributed by atoms with Crippen molar-refractivity contribution in [2.24, 2.45) is 0 Å². The summed E-state index contributed by atoms with van der Waals surface area (Å²) in [6.07, 6.45) is 0. The average Bonchev–Trinajstić information content (AvgIpc) is 2.16. The van der Waals surface area contributed by atoms with Crippen LogP contribution in [-0.2, 0) is 4.79 Å². The van der Waals surface area contributed by atoms with E-state index in [9.17, 15) is 4.79 Å². The number of rotatable bonds is 4. The molecule has 0 aliphatic heterocycles. The lowest BCUT2D eigenvalue weighted by molar-refractivity contribution is -0.115. The molecule has 3 heteroatoms. The van der Waals surface area contributed by atoms with Gasteiger partial charge in [0.25, 0.3) is 0 Å². The predicted molar refractivity (Wildman–Crippen MR) is 61.7 cm³/mol. The van der Waals surface area contributed by atoms with E-state index in [1.165, 1.54) is 0 Å². The quantitative estimate of drug-likeness (QED) is 0.756. The van der Waals surface area contributed by atoms with Gasteiger partial charge in [0, 0.05) is 12.7 Å². The number of ether oxygens (including phenoxy) is 1. The number of Topliss-reactive ketones (excluding diaryl/α,β-unsaturated/α-hetero) is 1. The Labute approximate surface area is 90.7 Å². The number of hydrogen-bond donors (Lipinski definition) is 0. The SMILES string of the molecule is COc1ccc(N(C)CC(C)=O)cc1C. The van der Waals surface area contributed by atoms with Crippen molar-refractivity contribution in [3.8, 4) is 5.75 Å². The Morgan fingerprint density at radius 3 is 2.60 bits per heavy atom. The first kappa shape index (κ1) is 11.6. The fourth-order valence-corrected chi connectivity index (χ4v) is 1.53. The lowest BCUT2D eigenvalue weighted by Gasteiger charge is -2.18. The second kappa shape index (κ2) is 4.82. The van der Waals surface area contributed by atoms with Crippen LogP contribution in [0.15, 0.2) is 18.2 Å². The minimum Gasteiger partial charge on any atom is -0.496 e. The van der Waals surface area contributed by atoms with E-state index in [-0.39, 0.29) is 5.78 Å². The van der Waals surface area contributed by atoms with Crippen molar-refractivity contribution in [1.82, 2.24) is 0 Å². The number of benzene rings is 1. The van der Waals surface area contributed by atoms with Crippen molar-refractivity contribution in [2.75, 3.05) is 25.6 Å². The van der Waals surface area contributed by atoms with Crippen molar-refractivity contribution in [1.29, 1.82) is 0 Å². The van der Waals surface area contributed by atoms with Crippen molar-refractivity contribution >= 4 is 11.5 Å². The number of ketones is 1. The van der Waals surface area contributed by atoms with Gasteiger partial charge in [0.1, 0.15) is 11.5 Å². The molecule has 1 rings (SSSR count). The zero-order chi connectivity index (χ0) is 11.4. The van der Waals surface area contributed by atoms with Crippen molar-refractivity contribution in [3.05, 3.63) is 23.8 Å². The number of carbonyl (C=O) groups excluding carboxylic acids is 1. The Bertz CT molecular complexity index is 361. The predicted octanol–water partition coefficient (Wildman–Crippen LogP) is 2.03. The van der Waals surface area contributed by atoms with E-state index in [4.69, 9.17) is 4.74 Å². The Balaban J connectivity index is 2.87. The van der Waals surface area contributed by atoms with E-state index in [0.29, 0.717) is 6.54 Å². The van der Waals surface area contributed by atoms with Gasteiger partial charge in [-0.2, -0.15) is 0 Å². The maximum atomic E-state index is 11.0. The summed E-state index contributed by atoms with van der Waals surface area (Å²) in [5.41, 5.74) is 2.11. The van der Waals surface area contributed by atoms with E-state index in [1.54, 1.807) is 14.0 Å². The molecule has 0 saturated heterocycles. The van der Waals surface area contributed by atoms with E-state index in [1.807, 2.05) is 37.1 Å². The van der Waals surface area contributed by atoms with Crippen molar-refractivity contribution < 1.29 is 9.53 Å². The van der Waals surface area contributed by atoms with Crippen LogP contribution in [0.4, 0.5) is 5.69 Å². The smallest absolute Gasteiger partial charge is 0.149 e. The van der Waals surface area contributed by atoms with Crippen LogP contribution in [0.2, 0.25) is 0 Å². The first-order valence-corrected chi connectivity index (χ1v) is 4.90. The summed E-state index contributed by atoms with van der Waals surface area (Å²) in [4.78, 5) is 12.9. The molecule has 0 saturated carbocycles. The lowest BCUT2D eigenvalue weighted by atomic mass is 10.2. The molecule has 1 aromatic rings. The first-order chi connectivity index (χ1) is 7.04. The lowest BCUT2D eigenvalue weighted by Crippen LogP contribution is -2.23. The number of nitrogens with zero attached hydrogens (tertiary/aromatic N) is 1. The summed E-state index contributed by atoms with van der Waals surface area (Å²) in [5, 5.41) is 0. The molecule has 0 N–H and O–H groups in total. The van der Waals surface area contributed by atoms with Crippen LogP contribution in [-0.4, -0.2) is 26.5 Å². The van der Waals surface area contributed by atoms with Crippen molar-refractivity contribution in [2.45, 2.75) is 13.8 Å². The second-order valence-corrected chi connectivity index (χ2v) is 3.71. The molecule has 0 bridgehead atoms. The molecule has 0 unspecified atom stereocenters. The van der Waals surface area contributed by atoms with E-state index >= 15 is 0 Å². The summed E-state index contributed by atoms with van der Waals surface area (Å²) >= 11 is 0. The summed E-state index contributed by atoms with van der Waals surface area (Å²) in [7, 11) is 3.56. The third-order valence-electron chi connectivity index (χ3n) is 2.28. The number of hydrogen-bond acceptors (Lipinski definition) is 3. The average molecular weight is 207 g/mol. The summed E-state index contributed by atoms with van der Waals surface area (Å²) < 4.78 is 5.18. The minimum absolute atomic E-state index is 0.158. The van der Waals surface area contributed by atoms with Gasteiger partial charge in [-0.1, -0.05) is 0 Å². The molecule has 0 amide bonds. The highest BCUT2D eigenvalue weighted by molar-refractivity contribution is 5.80. The van der Waals surface area contributed by atoms with E-state index in [2.05, 4.69) is 0 Å². The topological polar surface area (TPSA) is 29.5 Å². The minimum atomic E-state index is 0.158. The number of likely N-dealkylation sites (N-methyl/N-ethyl adjacent to an activating group) is 1. The molecule has 0 atom stereocenters. The number of anilines is 1. The second-order valence-electron chi connectivity index (χ2n) is 3.71. The first-order valence-electron chi connectivity index (χ1n) is 4.90. The Morgan fingerprint density at radius 2 is 2.13 bits per heavy atom. The highest BCUT2D eigenvalue weighted by atomic mass is 16.5. The fraction of sp³-hybridized carbons (Fsp3) is 0.417. The maximum absolute atomic E-state index is 11.0. The van der Waals surface area contributed by atoms with E-state index < -0.39 is 0 Å². The molecule has 0 fully saturated rings. The number of aryl methyl sites for hydroxylation is 1. The van der Waals surface area contributed by atoms with Crippen LogP contribution in [0.1, 0.15) is 12.5 Å². The number of carbonyl (C=O) groups is 1. The largest absolute Gasteiger partial charge is 0.496 e. The van der Waals surface area contributed by atoms with Crippen molar-refractivity contribution in [3.63, 3.8) is 0 Å². The summed E-state index contributed by atoms with van der Waals surface area (Å²) in [6, 6.07) is 5.89. The van der Waals surface area contributed by atoms with Crippen LogP contribution >= 0.6 is 0 Å². The monoisotopic (exact) mass is 207 g/mol. The third-order valence-corrected chi connectivity index (χ3v) is 2.28. The highest BCUT2D eigenvalue weighted by Gasteiger charge is 2.05. The van der Waals surface area contributed by atoms with Gasteiger partial charge >= 0.3 is 0 Å². The molecule has 1 aromatic carbocycles. The molecule has 82 valence electrons. The van der Waals surface area contributed by atoms with Crippen LogP contribution in [0, 0.1) is 6.92 Å². The normalized spacial score (nSPS) is 9.87. The molecular formula is C12H17NO2. The molecular weight excluding hydrogens is 190 g/mol. The number of methoxy groups -OCH3 is 1. The van der Waals surface area contributed by atoms with Crippen LogP contribution in [0.5, 0.6) is 5.75 Å². The summed E-state index contributed by atoms with van der Waals surface area (Å²) in [5.74, 6) is 1.03. The van der Waals surface area contributed by atoms with Gasteiger partial charge in [0.2, 0.25) is 0 Å². The Morgan fingerprint density at radius 1 is 1.47 bits per heavy atom. The van der Waals surface area contributed by atoms with Gasteiger partial charge in [-0.25, -0.2) is 0 Å². The van der Waals surface area contributed by atoms with Gasteiger partial charge in [-0.3, -0.25) is 4.79 Å². The zero-order valence-electron chi connectivity index (χ0n) is 9.70. The molecule has 0 heterocycles. The molecule has 3 nitrogen and oxygen atoms in total. The van der Waals surface area contributed by atoms with Crippen LogP contribution in [0.3, 0.4) is 0 Å². The van der Waals surface area contributed by atoms with Gasteiger partial charge in [-0.15, -0.1) is 0 Å². The molecule has 0 spiro atoms. The maximum Gasteiger partial charge on any atom is 0.149 e. The van der Waals surface area contributed by atoms with Crippen LogP contribution in [0.25, 0.3) is 0 Å². The third kappa shape index (κ3) is 2.98. The van der Waals surface area contributed by atoms with Gasteiger partial charge in [0.15, 0.2) is 0 Å². The van der Waals surface area contributed by atoms with Crippen LogP contribution < -0.4 is 9.64 Å². The summed E-state index contributed by atoms with van der Waals surface area (Å²) in [6.45, 7) is 4.02. The highest BCUT2D eigenvalue weighted by Crippen LogP contribution is 2.23. The zero-order valence-corrected chi connectivity index (χ0v) is 9.70. The van der Waals surface area contributed by atoms with Gasteiger partial charge in [-0.05, 0) is 37.6 Å². The van der Waals surface area contributed by atoms with Gasteiger partial charge in [0.05, 0.1) is 13.7 Å². The Kier molecular flexibility index (Phi) is 3.72. The molecule has 0 radical (unpaired) electrons. The van der Waals surface area contributed by atoms with Gasteiger partial charge < -0.3 is 9.64 Å². The fourth-order valence-electron chi connectivity index (χ4n) is 1.53.